The number of ether oxygens (including phenoxy) is 1. The van der Waals surface area contributed by atoms with Crippen LogP contribution in [0.5, 0.6) is 5.75 Å². The third kappa shape index (κ3) is 4.11. The Labute approximate surface area is 196 Å². The summed E-state index contributed by atoms with van der Waals surface area (Å²) < 4.78 is 5.20. The lowest BCUT2D eigenvalue weighted by molar-refractivity contribution is -0.122. The zero-order valence-electron chi connectivity index (χ0n) is 18.9. The average Bonchev–Trinajstić information content (AvgIpc) is 3.27. The Morgan fingerprint density at radius 1 is 1.21 bits per heavy atom. The highest BCUT2D eigenvalue weighted by molar-refractivity contribution is 6.10. The Balaban J connectivity index is 1.61. The van der Waals surface area contributed by atoms with Gasteiger partial charge in [0.05, 0.1) is 13.7 Å². The summed E-state index contributed by atoms with van der Waals surface area (Å²) in [5, 5.41) is 17.3. The molecule has 0 aromatic heterocycles. The van der Waals surface area contributed by atoms with Crippen molar-refractivity contribution in [2.24, 2.45) is 5.16 Å². The van der Waals surface area contributed by atoms with Gasteiger partial charge in [0.15, 0.2) is 5.84 Å². The standard InChI is InChI=1S/C24H23N5O5/c1-28(2)20(27-33)16-6-4-15(5-7-16)10-11-24(22(31)25-23(32)26-24)14-29-13-17-8-9-18(34-3)12-19(17)21(29)30/h4-9,12,33H,13-14H2,1-3H3,(H2,25,26,31,32)/t24-/m1/s1. The first-order valence-electron chi connectivity index (χ1n) is 10.4. The molecular weight excluding hydrogens is 438 g/mol. The largest absolute Gasteiger partial charge is 0.497 e. The molecular formula is C24H23N5O5. The van der Waals surface area contributed by atoms with E-state index in [-0.39, 0.29) is 19.0 Å². The van der Waals surface area contributed by atoms with E-state index >= 15 is 0 Å². The fraction of sp³-hybridized carbons (Fsp3) is 0.250. The van der Waals surface area contributed by atoms with Crippen molar-refractivity contribution in [3.63, 3.8) is 0 Å². The summed E-state index contributed by atoms with van der Waals surface area (Å²) in [5.41, 5.74) is 0.949. The van der Waals surface area contributed by atoms with Gasteiger partial charge in [0.2, 0.25) is 5.54 Å². The zero-order valence-corrected chi connectivity index (χ0v) is 18.9. The number of benzene rings is 2. The molecule has 0 spiro atoms. The fourth-order valence-electron chi connectivity index (χ4n) is 3.90. The molecule has 2 aliphatic heterocycles. The SMILES string of the molecule is COc1ccc2c(c1)C(=O)N(C[C@@]1(C#Cc3ccc(C(=NO)N(C)C)cc3)NC(=O)NC1=O)C2. The van der Waals surface area contributed by atoms with Crippen LogP contribution in [0.4, 0.5) is 4.79 Å². The molecule has 4 rings (SSSR count). The van der Waals surface area contributed by atoms with Crippen molar-refractivity contribution in [3.8, 4) is 17.6 Å². The van der Waals surface area contributed by atoms with E-state index in [0.29, 0.717) is 28.3 Å². The minimum atomic E-state index is -1.60. The number of amides is 4. The van der Waals surface area contributed by atoms with Crippen LogP contribution >= 0.6 is 0 Å². The highest BCUT2D eigenvalue weighted by Gasteiger charge is 2.48. The molecule has 0 unspecified atom stereocenters. The van der Waals surface area contributed by atoms with E-state index in [2.05, 4.69) is 27.6 Å². The Morgan fingerprint density at radius 3 is 2.53 bits per heavy atom. The van der Waals surface area contributed by atoms with Crippen LogP contribution in [0.15, 0.2) is 47.6 Å². The Morgan fingerprint density at radius 2 is 1.94 bits per heavy atom. The van der Waals surface area contributed by atoms with Crippen LogP contribution in [0.1, 0.15) is 27.0 Å². The Kier molecular flexibility index (Phi) is 5.86. The van der Waals surface area contributed by atoms with E-state index in [1.54, 1.807) is 61.5 Å². The molecule has 1 saturated heterocycles. The van der Waals surface area contributed by atoms with Crippen LogP contribution in [0.2, 0.25) is 0 Å². The van der Waals surface area contributed by atoms with E-state index < -0.39 is 17.5 Å². The maximum Gasteiger partial charge on any atom is 0.323 e. The molecule has 0 saturated carbocycles. The van der Waals surface area contributed by atoms with Crippen molar-refractivity contribution in [3.05, 3.63) is 64.7 Å². The summed E-state index contributed by atoms with van der Waals surface area (Å²) in [5.74, 6) is 5.84. The molecule has 0 aliphatic carbocycles. The molecule has 2 aliphatic rings. The Bertz CT molecular complexity index is 1260. The van der Waals surface area contributed by atoms with Crippen molar-refractivity contribution in [1.29, 1.82) is 0 Å². The van der Waals surface area contributed by atoms with E-state index in [0.717, 1.165) is 5.56 Å². The van der Waals surface area contributed by atoms with Crippen molar-refractivity contribution < 1.29 is 24.3 Å². The van der Waals surface area contributed by atoms with Gasteiger partial charge in [-0.05, 0) is 42.0 Å². The van der Waals surface area contributed by atoms with Gasteiger partial charge < -0.3 is 25.1 Å². The third-order valence-corrected chi connectivity index (χ3v) is 5.65. The molecule has 174 valence electrons. The van der Waals surface area contributed by atoms with Crippen molar-refractivity contribution in [2.75, 3.05) is 27.7 Å². The van der Waals surface area contributed by atoms with Gasteiger partial charge in [0, 0.05) is 37.3 Å². The van der Waals surface area contributed by atoms with Crippen LogP contribution in [0, 0.1) is 11.8 Å². The van der Waals surface area contributed by atoms with Crippen LogP contribution in [0.3, 0.4) is 0 Å². The van der Waals surface area contributed by atoms with Crippen LogP contribution in [0.25, 0.3) is 0 Å². The number of hydrogen-bond donors (Lipinski definition) is 3. The topological polar surface area (TPSA) is 124 Å². The molecule has 2 heterocycles. The summed E-state index contributed by atoms with van der Waals surface area (Å²) in [6.07, 6.45) is 0. The zero-order chi connectivity index (χ0) is 24.5. The van der Waals surface area contributed by atoms with Crippen molar-refractivity contribution in [1.82, 2.24) is 20.4 Å². The molecule has 3 N–H and O–H groups in total. The second kappa shape index (κ2) is 8.78. The number of hydrogen-bond acceptors (Lipinski definition) is 6. The highest BCUT2D eigenvalue weighted by atomic mass is 16.5. The van der Waals surface area contributed by atoms with Gasteiger partial charge in [0.25, 0.3) is 11.8 Å². The Hall–Kier alpha value is -4.52. The van der Waals surface area contributed by atoms with Gasteiger partial charge in [0.1, 0.15) is 5.75 Å². The van der Waals surface area contributed by atoms with Gasteiger partial charge in [-0.1, -0.05) is 23.1 Å². The summed E-state index contributed by atoms with van der Waals surface area (Å²) in [6.45, 7) is 0.167. The number of imide groups is 1. The van der Waals surface area contributed by atoms with Crippen molar-refractivity contribution in [2.45, 2.75) is 12.1 Å². The van der Waals surface area contributed by atoms with Crippen molar-refractivity contribution >= 4 is 23.7 Å². The smallest absolute Gasteiger partial charge is 0.323 e. The molecule has 0 radical (unpaired) electrons. The highest BCUT2D eigenvalue weighted by Crippen LogP contribution is 2.28. The van der Waals surface area contributed by atoms with E-state index in [4.69, 9.17) is 4.74 Å². The maximum atomic E-state index is 13.0. The fourth-order valence-corrected chi connectivity index (χ4v) is 3.90. The summed E-state index contributed by atoms with van der Waals surface area (Å²) >= 11 is 0. The number of methoxy groups -OCH3 is 1. The van der Waals surface area contributed by atoms with Gasteiger partial charge in [-0.2, -0.15) is 0 Å². The summed E-state index contributed by atoms with van der Waals surface area (Å²) in [4.78, 5) is 40.9. The van der Waals surface area contributed by atoms with Gasteiger partial charge in [-0.25, -0.2) is 4.79 Å². The number of rotatable bonds is 4. The molecule has 0 bridgehead atoms. The quantitative estimate of drug-likeness (QED) is 0.156. The lowest BCUT2D eigenvalue weighted by atomic mass is 9.99. The van der Waals surface area contributed by atoms with Crippen LogP contribution in [-0.2, 0) is 11.3 Å². The number of urea groups is 1. The molecule has 1 fully saturated rings. The number of amidine groups is 1. The first-order valence-corrected chi connectivity index (χ1v) is 10.4. The first kappa shape index (κ1) is 22.7. The molecule has 2 aromatic carbocycles. The van der Waals surface area contributed by atoms with Gasteiger partial charge in [-0.3, -0.25) is 14.9 Å². The lowest BCUT2D eigenvalue weighted by Gasteiger charge is -2.26. The van der Waals surface area contributed by atoms with Crippen LogP contribution in [-0.4, -0.2) is 72.0 Å². The van der Waals surface area contributed by atoms with E-state index in [1.165, 1.54) is 12.0 Å². The third-order valence-electron chi connectivity index (χ3n) is 5.65. The predicted octanol–water partition coefficient (Wildman–Crippen LogP) is 0.978. The lowest BCUT2D eigenvalue weighted by Crippen LogP contribution is -2.54. The molecule has 4 amide bonds. The van der Waals surface area contributed by atoms with E-state index in [1.807, 2.05) is 0 Å². The van der Waals surface area contributed by atoms with E-state index in [9.17, 15) is 19.6 Å². The molecule has 2 aromatic rings. The summed E-state index contributed by atoms with van der Waals surface area (Å²) in [7, 11) is 5.02. The normalized spacial score (nSPS) is 19.2. The predicted molar refractivity (Wildman–Crippen MR) is 122 cm³/mol. The molecule has 10 heteroatoms. The number of nitrogens with one attached hydrogen (secondary N) is 2. The monoisotopic (exact) mass is 461 g/mol. The summed E-state index contributed by atoms with van der Waals surface area (Å²) in [6, 6.07) is 11.4. The minimum absolute atomic E-state index is 0.118. The number of carbonyl (C=O) groups excluding carboxylic acids is 3. The number of fused-ring (bicyclic) bond motifs is 1. The number of oxime groups is 1. The van der Waals surface area contributed by atoms with Gasteiger partial charge in [-0.15, -0.1) is 0 Å². The second-order valence-corrected chi connectivity index (χ2v) is 8.14. The average molecular weight is 461 g/mol. The molecule has 10 nitrogen and oxygen atoms in total. The van der Waals surface area contributed by atoms with Gasteiger partial charge >= 0.3 is 6.03 Å². The van der Waals surface area contributed by atoms with Crippen LogP contribution < -0.4 is 15.4 Å². The number of carbonyl (C=O) groups is 3. The maximum absolute atomic E-state index is 13.0. The number of nitrogens with zero attached hydrogens (tertiary/aromatic N) is 3. The minimum Gasteiger partial charge on any atom is -0.497 e. The first-order chi connectivity index (χ1) is 16.3. The molecule has 34 heavy (non-hydrogen) atoms. The second-order valence-electron chi connectivity index (χ2n) is 8.14. The molecule has 1 atom stereocenters.